The van der Waals surface area contributed by atoms with Crippen LogP contribution in [-0.2, 0) is 4.79 Å². The van der Waals surface area contributed by atoms with Gasteiger partial charge in [0.25, 0.3) is 0 Å². The fraction of sp³-hybridized carbons (Fsp3) is 0.615. The number of carbonyl (C=O) groups is 1. The predicted octanol–water partition coefficient (Wildman–Crippen LogP) is 1.66. The second-order valence-corrected chi connectivity index (χ2v) is 6.24. The molecule has 0 aromatic carbocycles. The van der Waals surface area contributed by atoms with Gasteiger partial charge in [0.05, 0.1) is 5.75 Å². The topological polar surface area (TPSA) is 72.1 Å². The average Bonchev–Trinajstić information content (AvgIpc) is 2.36. The van der Waals surface area contributed by atoms with Crippen LogP contribution in [0, 0.1) is 11.8 Å². The third kappa shape index (κ3) is 3.83. The lowest BCUT2D eigenvalue weighted by atomic mass is 9.92. The predicted molar refractivity (Wildman–Crippen MR) is 76.7 cm³/mol. The highest BCUT2D eigenvalue weighted by molar-refractivity contribution is 8.00. The third-order valence-corrected chi connectivity index (χ3v) is 4.22. The Hall–Kier alpha value is -1.30. The van der Waals surface area contributed by atoms with Crippen molar-refractivity contribution in [3.63, 3.8) is 0 Å². The molecule has 19 heavy (non-hydrogen) atoms. The number of piperidine rings is 1. The van der Waals surface area contributed by atoms with Crippen LogP contribution in [0.25, 0.3) is 0 Å². The first-order valence-corrected chi connectivity index (χ1v) is 7.52. The Balaban J connectivity index is 1.89. The van der Waals surface area contributed by atoms with Crippen molar-refractivity contribution in [2.45, 2.75) is 25.3 Å². The smallest absolute Gasteiger partial charge is 0.233 e. The number of hydrogen-bond donors (Lipinski definition) is 1. The van der Waals surface area contributed by atoms with Crippen LogP contribution in [0.4, 0.5) is 5.82 Å². The molecule has 2 atom stereocenters. The van der Waals surface area contributed by atoms with E-state index in [9.17, 15) is 4.79 Å². The number of nitrogens with two attached hydrogens (primary N) is 1. The molecule has 1 aliphatic rings. The number of amides is 1. The first kappa shape index (κ1) is 14.1. The van der Waals surface area contributed by atoms with Crippen molar-refractivity contribution in [1.29, 1.82) is 0 Å². The van der Waals surface area contributed by atoms with Gasteiger partial charge in [-0.05, 0) is 18.3 Å². The van der Waals surface area contributed by atoms with E-state index in [0.29, 0.717) is 28.4 Å². The van der Waals surface area contributed by atoms with Crippen LogP contribution in [0.2, 0.25) is 0 Å². The van der Waals surface area contributed by atoms with Crippen LogP contribution in [0.15, 0.2) is 17.4 Å². The summed E-state index contributed by atoms with van der Waals surface area (Å²) < 4.78 is 0. The number of carbonyl (C=O) groups excluding carboxylic acids is 1. The Morgan fingerprint density at radius 3 is 2.63 bits per heavy atom. The van der Waals surface area contributed by atoms with Crippen molar-refractivity contribution >= 4 is 23.5 Å². The van der Waals surface area contributed by atoms with E-state index >= 15 is 0 Å². The van der Waals surface area contributed by atoms with Crippen LogP contribution in [-0.4, -0.2) is 39.6 Å². The second-order valence-electron chi connectivity index (χ2n) is 5.28. The molecule has 2 rings (SSSR count). The van der Waals surface area contributed by atoms with E-state index < -0.39 is 0 Å². The minimum atomic E-state index is 0.161. The maximum absolute atomic E-state index is 12.2. The number of anilines is 1. The first-order chi connectivity index (χ1) is 9.06. The molecule has 2 N–H and O–H groups in total. The Morgan fingerprint density at radius 1 is 1.37 bits per heavy atom. The highest BCUT2D eigenvalue weighted by atomic mass is 32.2. The molecule has 5 nitrogen and oxygen atoms in total. The van der Waals surface area contributed by atoms with Gasteiger partial charge in [-0.1, -0.05) is 25.6 Å². The van der Waals surface area contributed by atoms with E-state index in [2.05, 4.69) is 23.8 Å². The maximum atomic E-state index is 12.2. The van der Waals surface area contributed by atoms with Crippen molar-refractivity contribution in [2.24, 2.45) is 11.8 Å². The van der Waals surface area contributed by atoms with Crippen molar-refractivity contribution < 1.29 is 4.79 Å². The summed E-state index contributed by atoms with van der Waals surface area (Å²) in [4.78, 5) is 22.2. The molecule has 0 radical (unpaired) electrons. The number of rotatable bonds is 3. The molecule has 0 saturated carbocycles. The Morgan fingerprint density at radius 2 is 2.00 bits per heavy atom. The number of thioether (sulfide) groups is 1. The summed E-state index contributed by atoms with van der Waals surface area (Å²) in [7, 11) is 0. The summed E-state index contributed by atoms with van der Waals surface area (Å²) in [6.07, 6.45) is 4.34. The number of nitrogen functional groups attached to an aromatic ring is 1. The molecule has 1 saturated heterocycles. The molecule has 1 amide bonds. The van der Waals surface area contributed by atoms with Gasteiger partial charge in [0.1, 0.15) is 5.03 Å². The van der Waals surface area contributed by atoms with Gasteiger partial charge in [0.15, 0.2) is 5.82 Å². The molecular weight excluding hydrogens is 260 g/mol. The number of nitrogens with zero attached hydrogens (tertiary/aromatic N) is 3. The van der Waals surface area contributed by atoms with E-state index in [4.69, 9.17) is 5.73 Å². The lowest BCUT2D eigenvalue weighted by Gasteiger charge is -2.35. The summed E-state index contributed by atoms with van der Waals surface area (Å²) in [6.45, 7) is 6.12. The average molecular weight is 280 g/mol. The van der Waals surface area contributed by atoms with Crippen molar-refractivity contribution in [3.05, 3.63) is 12.4 Å². The molecule has 1 aromatic rings. The molecule has 0 bridgehead atoms. The van der Waals surface area contributed by atoms with Gasteiger partial charge in [-0.2, -0.15) is 0 Å². The zero-order chi connectivity index (χ0) is 13.8. The van der Waals surface area contributed by atoms with Crippen LogP contribution < -0.4 is 5.73 Å². The van der Waals surface area contributed by atoms with E-state index in [1.54, 1.807) is 12.4 Å². The normalized spacial score (nSPS) is 23.4. The minimum Gasteiger partial charge on any atom is -0.381 e. The summed E-state index contributed by atoms with van der Waals surface area (Å²) in [5, 5.41) is 0.633. The molecule has 1 fully saturated rings. The molecule has 1 aromatic heterocycles. The quantitative estimate of drug-likeness (QED) is 0.852. The largest absolute Gasteiger partial charge is 0.381 e. The second kappa shape index (κ2) is 6.23. The van der Waals surface area contributed by atoms with Crippen LogP contribution in [0.1, 0.15) is 20.3 Å². The van der Waals surface area contributed by atoms with E-state index in [1.165, 1.54) is 18.2 Å². The van der Waals surface area contributed by atoms with E-state index in [1.807, 2.05) is 4.90 Å². The van der Waals surface area contributed by atoms with E-state index in [0.717, 1.165) is 13.1 Å². The monoisotopic (exact) mass is 280 g/mol. The maximum Gasteiger partial charge on any atom is 0.233 e. The van der Waals surface area contributed by atoms with Gasteiger partial charge >= 0.3 is 0 Å². The van der Waals surface area contributed by atoms with E-state index in [-0.39, 0.29) is 5.91 Å². The lowest BCUT2D eigenvalue weighted by Crippen LogP contribution is -2.43. The first-order valence-electron chi connectivity index (χ1n) is 6.53. The summed E-state index contributed by atoms with van der Waals surface area (Å²) in [5.74, 6) is 2.09. The van der Waals surface area contributed by atoms with Gasteiger partial charge < -0.3 is 10.6 Å². The fourth-order valence-electron chi connectivity index (χ4n) is 2.54. The minimum absolute atomic E-state index is 0.161. The fourth-order valence-corrected chi connectivity index (χ4v) is 3.31. The van der Waals surface area contributed by atoms with Crippen molar-refractivity contribution in [3.8, 4) is 0 Å². The molecule has 0 spiro atoms. The third-order valence-electron chi connectivity index (χ3n) is 3.25. The van der Waals surface area contributed by atoms with Crippen molar-refractivity contribution in [1.82, 2.24) is 14.9 Å². The van der Waals surface area contributed by atoms with Gasteiger partial charge in [0.2, 0.25) is 5.91 Å². The Kier molecular flexibility index (Phi) is 4.63. The molecule has 0 aliphatic carbocycles. The molecule has 104 valence electrons. The SMILES string of the molecule is CC1CC(C)CN(C(=O)CSc2nccnc2N)C1. The summed E-state index contributed by atoms with van der Waals surface area (Å²) in [6, 6.07) is 0. The molecular formula is C13H20N4OS. The summed E-state index contributed by atoms with van der Waals surface area (Å²) >= 11 is 1.36. The Bertz CT molecular complexity index is 444. The zero-order valence-electron chi connectivity index (χ0n) is 11.4. The van der Waals surface area contributed by atoms with Crippen LogP contribution in [0.5, 0.6) is 0 Å². The molecule has 2 heterocycles. The molecule has 1 aliphatic heterocycles. The molecule has 6 heteroatoms. The number of aromatic nitrogens is 2. The number of likely N-dealkylation sites (tertiary alicyclic amines) is 1. The van der Waals surface area contributed by atoms with Gasteiger partial charge in [-0.15, -0.1) is 0 Å². The highest BCUT2D eigenvalue weighted by Gasteiger charge is 2.25. The molecule has 2 unspecified atom stereocenters. The van der Waals surface area contributed by atoms with Crippen LogP contribution in [0.3, 0.4) is 0 Å². The lowest BCUT2D eigenvalue weighted by molar-refractivity contribution is -0.130. The number of hydrogen-bond acceptors (Lipinski definition) is 5. The van der Waals surface area contributed by atoms with Gasteiger partial charge in [-0.25, -0.2) is 9.97 Å². The van der Waals surface area contributed by atoms with Gasteiger partial charge in [0, 0.05) is 25.5 Å². The van der Waals surface area contributed by atoms with Gasteiger partial charge in [-0.3, -0.25) is 4.79 Å². The highest BCUT2D eigenvalue weighted by Crippen LogP contribution is 2.24. The van der Waals surface area contributed by atoms with Crippen LogP contribution >= 0.6 is 11.8 Å². The Labute approximate surface area is 118 Å². The van der Waals surface area contributed by atoms with Crippen molar-refractivity contribution in [2.75, 3.05) is 24.6 Å². The summed E-state index contributed by atoms with van der Waals surface area (Å²) in [5.41, 5.74) is 5.71. The standard InChI is InChI=1S/C13H20N4OS/c1-9-5-10(2)7-17(6-9)11(18)8-19-13-12(14)15-3-4-16-13/h3-4,9-10H,5-8H2,1-2H3,(H2,14,15). The zero-order valence-corrected chi connectivity index (χ0v) is 12.2.